The van der Waals surface area contributed by atoms with Crippen molar-refractivity contribution in [3.63, 3.8) is 0 Å². The van der Waals surface area contributed by atoms with Gasteiger partial charge in [-0.25, -0.2) is 4.98 Å². The van der Waals surface area contributed by atoms with Crippen LogP contribution in [-0.2, 0) is 12.8 Å². The third kappa shape index (κ3) is 5.06. The van der Waals surface area contributed by atoms with Gasteiger partial charge in [0.25, 0.3) is 5.88 Å². The van der Waals surface area contributed by atoms with Crippen LogP contribution < -0.4 is 9.74 Å². The molecule has 0 unspecified atom stereocenters. The Bertz CT molecular complexity index is 1210. The second kappa shape index (κ2) is 10.1. The molecule has 0 spiro atoms. The molecule has 0 amide bonds. The summed E-state index contributed by atoms with van der Waals surface area (Å²) in [5, 5.41) is 8.53. The third-order valence-electron chi connectivity index (χ3n) is 7.16. The van der Waals surface area contributed by atoms with Crippen LogP contribution in [0, 0.1) is 6.92 Å². The Kier molecular flexibility index (Phi) is 6.79. The molecule has 2 aromatic heterocycles. The van der Waals surface area contributed by atoms with Crippen molar-refractivity contribution in [2.75, 3.05) is 18.0 Å². The fraction of sp³-hybridized carbons (Fsp3) is 0.519. The number of hydrogen-bond acceptors (Lipinski definition) is 8. The molecule has 0 saturated carbocycles. The van der Waals surface area contributed by atoms with Crippen LogP contribution in [0.1, 0.15) is 92.3 Å². The summed E-state index contributed by atoms with van der Waals surface area (Å²) in [6.07, 6.45) is 8.30. The number of oxime groups is 1. The second-order valence-electron chi connectivity index (χ2n) is 9.99. The van der Waals surface area contributed by atoms with Crippen molar-refractivity contribution in [3.05, 3.63) is 58.5 Å². The molecule has 35 heavy (non-hydrogen) atoms. The van der Waals surface area contributed by atoms with Crippen molar-refractivity contribution in [1.82, 2.24) is 20.1 Å². The molecule has 8 heteroatoms. The fourth-order valence-corrected chi connectivity index (χ4v) is 4.94. The minimum absolute atomic E-state index is 0.271. The molecule has 5 rings (SSSR count). The largest absolute Gasteiger partial charge is 0.356 e. The van der Waals surface area contributed by atoms with Gasteiger partial charge in [0.05, 0.1) is 11.3 Å². The summed E-state index contributed by atoms with van der Waals surface area (Å²) in [4.78, 5) is 21.6. The van der Waals surface area contributed by atoms with Gasteiger partial charge >= 0.3 is 0 Å². The van der Waals surface area contributed by atoms with Crippen LogP contribution in [0.25, 0.3) is 0 Å². The van der Waals surface area contributed by atoms with Crippen molar-refractivity contribution in [1.29, 1.82) is 0 Å². The molecule has 0 bridgehead atoms. The number of aryl methyl sites for hydroxylation is 2. The Morgan fingerprint density at radius 2 is 1.89 bits per heavy atom. The quantitative estimate of drug-likeness (QED) is 0.351. The maximum absolute atomic E-state index is 5.82. The first-order valence-electron chi connectivity index (χ1n) is 12.7. The number of rotatable bonds is 6. The molecule has 8 nitrogen and oxygen atoms in total. The first-order valence-corrected chi connectivity index (χ1v) is 12.7. The van der Waals surface area contributed by atoms with Crippen molar-refractivity contribution < 1.29 is 9.36 Å². The van der Waals surface area contributed by atoms with Gasteiger partial charge in [-0.2, -0.15) is 9.97 Å². The highest BCUT2D eigenvalue weighted by molar-refractivity contribution is 5.98. The van der Waals surface area contributed by atoms with E-state index in [1.54, 1.807) is 6.33 Å². The number of anilines is 1. The molecule has 3 aromatic rings. The van der Waals surface area contributed by atoms with Crippen LogP contribution in [0.15, 0.2) is 34.2 Å². The summed E-state index contributed by atoms with van der Waals surface area (Å²) in [5.41, 5.74) is 5.74. The minimum atomic E-state index is 0.271. The summed E-state index contributed by atoms with van der Waals surface area (Å²) in [7, 11) is 0. The molecule has 1 aromatic carbocycles. The Morgan fingerprint density at radius 1 is 1.11 bits per heavy atom. The van der Waals surface area contributed by atoms with Crippen molar-refractivity contribution in [2.24, 2.45) is 5.16 Å². The van der Waals surface area contributed by atoms with Gasteiger partial charge in [0.2, 0.25) is 5.89 Å². The van der Waals surface area contributed by atoms with Crippen LogP contribution in [0.4, 0.5) is 5.82 Å². The van der Waals surface area contributed by atoms with E-state index >= 15 is 0 Å². The van der Waals surface area contributed by atoms with Gasteiger partial charge in [-0.15, -0.1) is 0 Å². The van der Waals surface area contributed by atoms with Gasteiger partial charge in [0.15, 0.2) is 5.82 Å². The summed E-state index contributed by atoms with van der Waals surface area (Å²) in [6.45, 7) is 9.85. The lowest BCUT2D eigenvalue weighted by atomic mass is 9.90. The van der Waals surface area contributed by atoms with Gasteiger partial charge in [0.1, 0.15) is 12.1 Å². The molecule has 0 N–H and O–H groups in total. The first-order chi connectivity index (χ1) is 17.0. The van der Waals surface area contributed by atoms with Crippen LogP contribution >= 0.6 is 0 Å². The number of fused-ring (bicyclic) bond motifs is 1. The molecule has 2 aliphatic rings. The van der Waals surface area contributed by atoms with E-state index in [1.807, 2.05) is 13.8 Å². The highest BCUT2D eigenvalue weighted by atomic mass is 16.6. The predicted molar refractivity (Wildman–Crippen MR) is 135 cm³/mol. The highest BCUT2D eigenvalue weighted by Crippen LogP contribution is 2.32. The normalized spacial score (nSPS) is 17.1. The van der Waals surface area contributed by atoms with Crippen LogP contribution in [0.5, 0.6) is 5.88 Å². The summed E-state index contributed by atoms with van der Waals surface area (Å²) in [6, 6.07) is 6.63. The zero-order chi connectivity index (χ0) is 24.4. The van der Waals surface area contributed by atoms with E-state index in [0.29, 0.717) is 5.88 Å². The number of benzene rings is 1. The lowest BCUT2D eigenvalue weighted by molar-refractivity contribution is 0.321. The molecule has 1 fully saturated rings. The smallest absolute Gasteiger partial charge is 0.256 e. The molecular weight excluding hydrogens is 440 g/mol. The third-order valence-corrected chi connectivity index (χ3v) is 7.16. The maximum atomic E-state index is 5.82. The average molecular weight is 475 g/mol. The number of aromatic nitrogens is 4. The van der Waals surface area contributed by atoms with Crippen molar-refractivity contribution >= 4 is 11.5 Å². The standard InChI is InChI=1S/C27H34N6O2/c1-17(2)24-30-27(35-32-24)21-11-13-33(14-12-21)25-18(3)26(29-16-28-25)34-31-19(4)22-10-9-20-7-5-6-8-23(20)15-22/h9-10,15-17,21H,5-8,11-14H2,1-4H3/b31-19-. The van der Waals surface area contributed by atoms with Gasteiger partial charge in [-0.1, -0.05) is 36.3 Å². The van der Waals surface area contributed by atoms with E-state index < -0.39 is 0 Å². The van der Waals surface area contributed by atoms with E-state index in [2.05, 4.69) is 62.2 Å². The molecule has 184 valence electrons. The Balaban J connectivity index is 1.25. The predicted octanol–water partition coefficient (Wildman–Crippen LogP) is 5.36. The number of hydrogen-bond donors (Lipinski definition) is 0. The van der Waals surface area contributed by atoms with Gasteiger partial charge in [-0.3, -0.25) is 0 Å². The Morgan fingerprint density at radius 3 is 2.63 bits per heavy atom. The van der Waals surface area contributed by atoms with Crippen LogP contribution in [0.3, 0.4) is 0 Å². The van der Waals surface area contributed by atoms with Crippen molar-refractivity contribution in [3.8, 4) is 5.88 Å². The average Bonchev–Trinajstić information content (AvgIpc) is 3.39. The van der Waals surface area contributed by atoms with Gasteiger partial charge in [-0.05, 0) is 75.1 Å². The van der Waals surface area contributed by atoms with E-state index in [1.165, 1.54) is 30.4 Å². The minimum Gasteiger partial charge on any atom is -0.356 e. The first kappa shape index (κ1) is 23.5. The number of nitrogens with zero attached hydrogens (tertiary/aromatic N) is 6. The van der Waals surface area contributed by atoms with E-state index in [0.717, 1.165) is 66.7 Å². The molecule has 1 saturated heterocycles. The highest BCUT2D eigenvalue weighted by Gasteiger charge is 2.27. The second-order valence-corrected chi connectivity index (χ2v) is 9.99. The topological polar surface area (TPSA) is 89.5 Å². The molecule has 1 aliphatic heterocycles. The lowest BCUT2D eigenvalue weighted by Gasteiger charge is -2.32. The fourth-order valence-electron chi connectivity index (χ4n) is 4.94. The zero-order valence-electron chi connectivity index (χ0n) is 21.1. The van der Waals surface area contributed by atoms with E-state index in [-0.39, 0.29) is 11.8 Å². The SMILES string of the molecule is C/C(=N/Oc1ncnc(N2CCC(c3nc(C(C)C)no3)CC2)c1C)c1ccc2c(c1)CCCC2. The Hall–Kier alpha value is -3.29. The van der Waals surface area contributed by atoms with Crippen LogP contribution in [0.2, 0.25) is 0 Å². The lowest BCUT2D eigenvalue weighted by Crippen LogP contribution is -2.34. The zero-order valence-corrected chi connectivity index (χ0v) is 21.1. The van der Waals surface area contributed by atoms with E-state index in [9.17, 15) is 0 Å². The maximum Gasteiger partial charge on any atom is 0.256 e. The molecule has 0 atom stereocenters. The summed E-state index contributed by atoms with van der Waals surface area (Å²) < 4.78 is 5.53. The molecule has 3 heterocycles. The molecule has 1 aliphatic carbocycles. The van der Waals surface area contributed by atoms with Gasteiger partial charge < -0.3 is 14.3 Å². The molecular formula is C27H34N6O2. The van der Waals surface area contributed by atoms with Crippen LogP contribution in [-0.4, -0.2) is 38.9 Å². The van der Waals surface area contributed by atoms with E-state index in [4.69, 9.17) is 9.36 Å². The van der Waals surface area contributed by atoms with Gasteiger partial charge in [0, 0.05) is 24.9 Å². The molecule has 0 radical (unpaired) electrons. The number of piperidine rings is 1. The summed E-state index contributed by atoms with van der Waals surface area (Å²) >= 11 is 0. The Labute approximate surface area is 206 Å². The summed E-state index contributed by atoms with van der Waals surface area (Å²) in [5.74, 6) is 3.48. The van der Waals surface area contributed by atoms with Crippen molar-refractivity contribution in [2.45, 2.75) is 78.1 Å². The monoisotopic (exact) mass is 474 g/mol.